The van der Waals surface area contributed by atoms with Crippen molar-refractivity contribution >= 4 is 74.3 Å². The highest BCUT2D eigenvalue weighted by Gasteiger charge is 2.45. The summed E-state index contributed by atoms with van der Waals surface area (Å²) in [5.74, 6) is 0. The highest BCUT2D eigenvalue weighted by atomic mass is 15.2. The van der Waals surface area contributed by atoms with Crippen LogP contribution in [0.1, 0.15) is 83.2 Å². The van der Waals surface area contributed by atoms with E-state index in [4.69, 9.17) is 0 Å². The summed E-state index contributed by atoms with van der Waals surface area (Å²) in [5.41, 5.74) is 26.0. The van der Waals surface area contributed by atoms with Gasteiger partial charge in [0.25, 0.3) is 6.71 Å². The Morgan fingerprint density at radius 3 is 1.64 bits per heavy atom. The molecule has 0 saturated carbocycles. The molecule has 3 aliphatic rings. The first kappa shape index (κ1) is 43.7. The molecule has 70 heavy (non-hydrogen) atoms. The molecule has 4 heteroatoms. The molecule has 0 fully saturated rings. The summed E-state index contributed by atoms with van der Waals surface area (Å²) < 4.78 is 0. The zero-order chi connectivity index (χ0) is 48.3. The van der Waals surface area contributed by atoms with E-state index < -0.39 is 0 Å². The molecule has 0 saturated heterocycles. The number of benzene rings is 9. The Morgan fingerprint density at radius 1 is 0.414 bits per heavy atom. The number of para-hydroxylation sites is 2. The average Bonchev–Trinajstić information content (AvgIpc) is 3.59. The zero-order valence-corrected chi connectivity index (χ0v) is 42.0. The van der Waals surface area contributed by atoms with Crippen molar-refractivity contribution in [3.63, 3.8) is 0 Å². The molecule has 1 aliphatic carbocycles. The number of hydrogen-bond acceptors (Lipinski definition) is 3. The van der Waals surface area contributed by atoms with Crippen LogP contribution in [0.4, 0.5) is 51.2 Å². The molecule has 0 radical (unpaired) electrons. The van der Waals surface area contributed by atoms with E-state index in [0.29, 0.717) is 0 Å². The fourth-order valence-corrected chi connectivity index (χ4v) is 11.8. The maximum atomic E-state index is 2.60. The van der Waals surface area contributed by atoms with Crippen LogP contribution < -0.4 is 31.1 Å². The number of fused-ring (bicyclic) bond motifs is 7. The molecular formula is C66H60BN3. The van der Waals surface area contributed by atoms with E-state index >= 15 is 0 Å². The second kappa shape index (κ2) is 16.0. The van der Waals surface area contributed by atoms with Crippen molar-refractivity contribution in [3.05, 3.63) is 228 Å². The topological polar surface area (TPSA) is 9.72 Å². The monoisotopic (exact) mass is 905 g/mol. The first-order valence-electron chi connectivity index (χ1n) is 25.0. The van der Waals surface area contributed by atoms with Crippen LogP contribution in [-0.2, 0) is 16.2 Å². The van der Waals surface area contributed by atoms with Gasteiger partial charge in [0.05, 0.1) is 5.69 Å². The van der Waals surface area contributed by atoms with Crippen LogP contribution in [0.2, 0.25) is 0 Å². The molecule has 12 rings (SSSR count). The van der Waals surface area contributed by atoms with Gasteiger partial charge in [-0.25, -0.2) is 0 Å². The Morgan fingerprint density at radius 2 is 0.986 bits per heavy atom. The zero-order valence-electron chi connectivity index (χ0n) is 42.0. The second-order valence-electron chi connectivity index (χ2n) is 22.3. The summed E-state index contributed by atoms with van der Waals surface area (Å²) in [6.07, 6.45) is 0. The van der Waals surface area contributed by atoms with Gasteiger partial charge in [0, 0.05) is 56.5 Å². The van der Waals surface area contributed by atoms with Crippen LogP contribution in [0.15, 0.2) is 200 Å². The lowest BCUT2D eigenvalue weighted by Gasteiger charge is -2.45. The lowest BCUT2D eigenvalue weighted by Crippen LogP contribution is -2.61. The van der Waals surface area contributed by atoms with E-state index in [-0.39, 0.29) is 23.0 Å². The van der Waals surface area contributed by atoms with Gasteiger partial charge >= 0.3 is 0 Å². The number of aryl methyl sites for hydroxylation is 1. The van der Waals surface area contributed by atoms with Crippen molar-refractivity contribution < 1.29 is 0 Å². The van der Waals surface area contributed by atoms with Crippen molar-refractivity contribution in [2.45, 2.75) is 78.6 Å². The van der Waals surface area contributed by atoms with E-state index in [9.17, 15) is 0 Å². The van der Waals surface area contributed by atoms with Crippen molar-refractivity contribution in [3.8, 4) is 22.3 Å². The molecule has 3 nitrogen and oxygen atoms in total. The summed E-state index contributed by atoms with van der Waals surface area (Å²) in [6, 6.07) is 75.6. The summed E-state index contributed by atoms with van der Waals surface area (Å²) in [7, 11) is 0. The predicted octanol–water partition coefficient (Wildman–Crippen LogP) is 16.1. The maximum absolute atomic E-state index is 2.60. The Hall–Kier alpha value is -7.56. The third-order valence-electron chi connectivity index (χ3n) is 15.4. The van der Waals surface area contributed by atoms with E-state index in [1.54, 1.807) is 0 Å². The van der Waals surface area contributed by atoms with E-state index in [1.165, 1.54) is 94.9 Å². The summed E-state index contributed by atoms with van der Waals surface area (Å²) in [4.78, 5) is 7.60. The molecule has 0 amide bonds. The summed E-state index contributed by atoms with van der Waals surface area (Å²) >= 11 is 0. The van der Waals surface area contributed by atoms with Gasteiger partial charge in [-0.1, -0.05) is 177 Å². The smallest absolute Gasteiger partial charge is 0.252 e. The number of hydrogen-bond donors (Lipinski definition) is 0. The third-order valence-corrected chi connectivity index (χ3v) is 15.4. The molecule has 0 atom stereocenters. The molecule has 2 heterocycles. The van der Waals surface area contributed by atoms with Crippen LogP contribution >= 0.6 is 0 Å². The SMILES string of the molecule is Cc1cc2c3c(c1)N(c1ccc(C(C)(C)C)cc1-c1ccccc1)c1ccc(C(C)(C)C)cc1B3c1ccc(N(c3ccccc3)c3ccccc3)cc1N2c1ccc2c(c1)-c1ccccc1C2(C)C. The minimum absolute atomic E-state index is 0.0255. The molecule has 0 bridgehead atoms. The Bertz CT molecular complexity index is 3470. The van der Waals surface area contributed by atoms with Crippen LogP contribution in [-0.4, -0.2) is 6.71 Å². The van der Waals surface area contributed by atoms with Gasteiger partial charge in [-0.15, -0.1) is 0 Å². The van der Waals surface area contributed by atoms with E-state index in [0.717, 1.165) is 22.7 Å². The number of nitrogens with zero attached hydrogens (tertiary/aromatic N) is 3. The van der Waals surface area contributed by atoms with Crippen molar-refractivity contribution in [2.24, 2.45) is 0 Å². The van der Waals surface area contributed by atoms with Gasteiger partial charge in [0.1, 0.15) is 0 Å². The number of rotatable bonds is 6. The maximum Gasteiger partial charge on any atom is 0.252 e. The standard InChI is InChI=1S/C66H60BN3/c1-43-37-61-63-62(38-43)70(58-35-29-45(64(2,3)4)39-52(58)44-21-13-10-14-22-44)59-36-30-46(65(5,6)7)40-57(59)67(63)56-34-32-50(68(47-23-15-11-16-24-47)48-25-17-12-18-26-48)42-60(56)69(61)49-31-33-55-53(41-49)51-27-19-20-28-54(51)66(55,8)9/h10-42H,1-9H3. The van der Waals surface area contributed by atoms with Crippen LogP contribution in [0.5, 0.6) is 0 Å². The molecule has 0 aromatic heterocycles. The quantitative estimate of drug-likeness (QED) is 0.154. The largest absolute Gasteiger partial charge is 0.311 e. The first-order chi connectivity index (χ1) is 33.7. The Kier molecular flexibility index (Phi) is 9.99. The van der Waals surface area contributed by atoms with Crippen molar-refractivity contribution in [2.75, 3.05) is 14.7 Å². The summed E-state index contributed by atoms with van der Waals surface area (Å²) in [6.45, 7) is 21.0. The lowest BCUT2D eigenvalue weighted by molar-refractivity contribution is 0.590. The van der Waals surface area contributed by atoms with Crippen molar-refractivity contribution in [1.29, 1.82) is 0 Å². The van der Waals surface area contributed by atoms with Gasteiger partial charge in [0.2, 0.25) is 0 Å². The van der Waals surface area contributed by atoms with Gasteiger partial charge < -0.3 is 14.7 Å². The second-order valence-corrected chi connectivity index (χ2v) is 22.3. The first-order valence-corrected chi connectivity index (χ1v) is 25.0. The molecule has 2 aliphatic heterocycles. The minimum Gasteiger partial charge on any atom is -0.311 e. The molecular weight excluding hydrogens is 846 g/mol. The highest BCUT2D eigenvalue weighted by molar-refractivity contribution is 7.00. The Labute approximate surface area is 415 Å². The highest BCUT2D eigenvalue weighted by Crippen LogP contribution is 2.53. The van der Waals surface area contributed by atoms with Gasteiger partial charge in [-0.2, -0.15) is 0 Å². The fraction of sp³-hybridized carbons (Fsp3) is 0.182. The van der Waals surface area contributed by atoms with Crippen LogP contribution in [0.25, 0.3) is 22.3 Å². The summed E-state index contributed by atoms with van der Waals surface area (Å²) in [5, 5.41) is 0. The van der Waals surface area contributed by atoms with Gasteiger partial charge in [-0.05, 0) is 158 Å². The molecule has 0 N–H and O–H groups in total. The number of anilines is 9. The molecule has 0 unspecified atom stereocenters. The van der Waals surface area contributed by atoms with Gasteiger partial charge in [-0.3, -0.25) is 0 Å². The van der Waals surface area contributed by atoms with Crippen molar-refractivity contribution in [1.82, 2.24) is 0 Å². The fourth-order valence-electron chi connectivity index (χ4n) is 11.8. The lowest BCUT2D eigenvalue weighted by atomic mass is 9.33. The average molecular weight is 906 g/mol. The predicted molar refractivity (Wildman–Crippen MR) is 300 cm³/mol. The van der Waals surface area contributed by atoms with Gasteiger partial charge in [0.15, 0.2) is 0 Å². The van der Waals surface area contributed by atoms with E-state index in [1.807, 2.05) is 0 Å². The normalized spacial score (nSPS) is 14.1. The molecule has 342 valence electrons. The third kappa shape index (κ3) is 6.94. The minimum atomic E-state index is -0.106. The molecule has 9 aromatic rings. The van der Waals surface area contributed by atoms with E-state index in [2.05, 4.69) is 277 Å². The molecule has 9 aromatic carbocycles. The van der Waals surface area contributed by atoms with Crippen LogP contribution in [0, 0.1) is 6.92 Å². The Balaban J connectivity index is 1.17. The van der Waals surface area contributed by atoms with Crippen LogP contribution in [0.3, 0.4) is 0 Å². The molecule has 0 spiro atoms.